The van der Waals surface area contributed by atoms with Gasteiger partial charge in [0.25, 0.3) is 0 Å². The molecule has 4 nitrogen and oxygen atoms in total. The first kappa shape index (κ1) is 18.0. The summed E-state index contributed by atoms with van der Waals surface area (Å²) in [4.78, 5) is 0. The summed E-state index contributed by atoms with van der Waals surface area (Å²) in [7, 11) is 1.94. The van der Waals surface area contributed by atoms with Crippen molar-refractivity contribution >= 4 is 0 Å². The molecule has 4 heteroatoms. The Morgan fingerprint density at radius 3 is 2.33 bits per heavy atom. The molecule has 0 fully saturated rings. The molecule has 1 rings (SSSR count). The quantitative estimate of drug-likeness (QED) is 0.637. The van der Waals surface area contributed by atoms with Crippen LogP contribution in [0.1, 0.15) is 32.4 Å². The molecule has 120 valence electrons. The molecule has 0 saturated heterocycles. The van der Waals surface area contributed by atoms with E-state index in [-0.39, 0.29) is 6.04 Å². The highest BCUT2D eigenvalue weighted by Gasteiger charge is 2.14. The zero-order valence-electron chi connectivity index (χ0n) is 13.7. The van der Waals surface area contributed by atoms with E-state index in [0.29, 0.717) is 32.3 Å². The Morgan fingerprint density at radius 1 is 1.05 bits per heavy atom. The lowest BCUT2D eigenvalue weighted by atomic mass is 10.1. The Morgan fingerprint density at radius 2 is 1.71 bits per heavy atom. The van der Waals surface area contributed by atoms with Crippen LogP contribution in [0.3, 0.4) is 0 Å². The zero-order chi connectivity index (χ0) is 15.5. The van der Waals surface area contributed by atoms with Crippen LogP contribution in [-0.2, 0) is 9.47 Å². The molecule has 21 heavy (non-hydrogen) atoms. The maximum atomic E-state index is 5.71. The van der Waals surface area contributed by atoms with Crippen LogP contribution in [0.4, 0.5) is 0 Å². The number of nitrogens with one attached hydrogen (secondary N) is 1. The summed E-state index contributed by atoms with van der Waals surface area (Å²) < 4.78 is 16.9. The first-order chi connectivity index (χ1) is 10.2. The second-order valence-corrected chi connectivity index (χ2v) is 5.36. The monoisotopic (exact) mass is 295 g/mol. The summed E-state index contributed by atoms with van der Waals surface area (Å²) in [5, 5.41) is 3.28. The van der Waals surface area contributed by atoms with E-state index in [9.17, 15) is 0 Å². The molecule has 0 heterocycles. The number of hydrogen-bond donors (Lipinski definition) is 1. The predicted molar refractivity (Wildman–Crippen MR) is 85.9 cm³/mol. The Labute approximate surface area is 128 Å². The minimum absolute atomic E-state index is 0.123. The number of benzene rings is 1. The highest BCUT2D eigenvalue weighted by molar-refractivity contribution is 5.36. The van der Waals surface area contributed by atoms with E-state index in [1.807, 2.05) is 32.2 Å². The van der Waals surface area contributed by atoms with Crippen LogP contribution in [0.5, 0.6) is 5.75 Å². The first-order valence-corrected chi connectivity index (χ1v) is 7.73. The molecule has 1 aromatic carbocycles. The Balaban J connectivity index is 2.41. The van der Waals surface area contributed by atoms with Crippen molar-refractivity contribution in [3.8, 4) is 5.75 Å². The fourth-order valence-electron chi connectivity index (χ4n) is 2.02. The van der Waals surface area contributed by atoms with Crippen molar-refractivity contribution in [3.63, 3.8) is 0 Å². The molecule has 0 saturated carbocycles. The number of ether oxygens (including phenoxy) is 3. The zero-order valence-corrected chi connectivity index (χ0v) is 13.7. The molecule has 0 spiro atoms. The van der Waals surface area contributed by atoms with Gasteiger partial charge >= 0.3 is 0 Å². The summed E-state index contributed by atoms with van der Waals surface area (Å²) in [6.07, 6.45) is 0. The molecule has 1 aromatic rings. The minimum Gasteiger partial charge on any atom is -0.494 e. The molecular formula is C17H29NO3. The number of hydrogen-bond acceptors (Lipinski definition) is 4. The van der Waals surface area contributed by atoms with E-state index in [2.05, 4.69) is 25.2 Å². The molecule has 1 atom stereocenters. The summed E-state index contributed by atoms with van der Waals surface area (Å²) in [6, 6.07) is 8.20. The standard InChI is InChI=1S/C17H29NO3/c1-5-21-17-9-7-6-8-15(17)16(18-4)13-20-11-10-19-12-14(2)3/h6-9,14,16,18H,5,10-13H2,1-4H3. The van der Waals surface area contributed by atoms with Gasteiger partial charge in [-0.2, -0.15) is 0 Å². The van der Waals surface area contributed by atoms with Crippen LogP contribution in [-0.4, -0.2) is 40.1 Å². The molecule has 0 aromatic heterocycles. The Kier molecular flexibility index (Phi) is 9.06. The molecule has 1 unspecified atom stereocenters. The van der Waals surface area contributed by atoms with Crippen LogP contribution in [0.15, 0.2) is 24.3 Å². The van der Waals surface area contributed by atoms with E-state index < -0.39 is 0 Å². The van der Waals surface area contributed by atoms with Crippen molar-refractivity contribution in [2.75, 3.05) is 40.1 Å². The molecule has 0 radical (unpaired) electrons. The van der Waals surface area contributed by atoms with Gasteiger partial charge in [-0.05, 0) is 26.0 Å². The second kappa shape index (κ2) is 10.6. The lowest BCUT2D eigenvalue weighted by molar-refractivity contribution is 0.0306. The van der Waals surface area contributed by atoms with Gasteiger partial charge in [0.2, 0.25) is 0 Å². The Hall–Kier alpha value is -1.10. The van der Waals surface area contributed by atoms with Gasteiger partial charge in [0.1, 0.15) is 5.75 Å². The molecule has 0 amide bonds. The normalized spacial score (nSPS) is 12.6. The third-order valence-electron chi connectivity index (χ3n) is 3.05. The van der Waals surface area contributed by atoms with Gasteiger partial charge < -0.3 is 19.5 Å². The van der Waals surface area contributed by atoms with Crippen LogP contribution < -0.4 is 10.1 Å². The van der Waals surface area contributed by atoms with E-state index in [1.54, 1.807) is 0 Å². The number of rotatable bonds is 11. The lowest BCUT2D eigenvalue weighted by Gasteiger charge is -2.20. The average molecular weight is 295 g/mol. The van der Waals surface area contributed by atoms with Crippen molar-refractivity contribution in [2.24, 2.45) is 5.92 Å². The van der Waals surface area contributed by atoms with E-state index in [4.69, 9.17) is 14.2 Å². The fourth-order valence-corrected chi connectivity index (χ4v) is 2.02. The summed E-state index contributed by atoms with van der Waals surface area (Å²) in [6.45, 7) is 9.58. The van der Waals surface area contributed by atoms with Crippen molar-refractivity contribution in [3.05, 3.63) is 29.8 Å². The summed E-state index contributed by atoms with van der Waals surface area (Å²) >= 11 is 0. The maximum absolute atomic E-state index is 5.71. The van der Waals surface area contributed by atoms with Crippen molar-refractivity contribution in [1.29, 1.82) is 0 Å². The van der Waals surface area contributed by atoms with Gasteiger partial charge in [-0.25, -0.2) is 0 Å². The number of likely N-dealkylation sites (N-methyl/N-ethyl adjacent to an activating group) is 1. The van der Waals surface area contributed by atoms with Crippen LogP contribution in [0.2, 0.25) is 0 Å². The molecule has 0 aliphatic rings. The van der Waals surface area contributed by atoms with Crippen LogP contribution in [0, 0.1) is 5.92 Å². The molecular weight excluding hydrogens is 266 g/mol. The van der Waals surface area contributed by atoms with E-state index in [1.165, 1.54) is 0 Å². The fraction of sp³-hybridized carbons (Fsp3) is 0.647. The van der Waals surface area contributed by atoms with Crippen molar-refractivity contribution < 1.29 is 14.2 Å². The SMILES string of the molecule is CCOc1ccccc1C(COCCOCC(C)C)NC. The van der Waals surface area contributed by atoms with Gasteiger partial charge in [-0.3, -0.25) is 0 Å². The highest BCUT2D eigenvalue weighted by atomic mass is 16.5. The second-order valence-electron chi connectivity index (χ2n) is 5.36. The predicted octanol–water partition coefficient (Wildman–Crippen LogP) is 3.04. The third-order valence-corrected chi connectivity index (χ3v) is 3.05. The minimum atomic E-state index is 0.123. The summed E-state index contributed by atoms with van der Waals surface area (Å²) in [5.41, 5.74) is 1.13. The highest BCUT2D eigenvalue weighted by Crippen LogP contribution is 2.25. The van der Waals surface area contributed by atoms with Gasteiger partial charge in [-0.1, -0.05) is 32.0 Å². The van der Waals surface area contributed by atoms with Gasteiger partial charge in [-0.15, -0.1) is 0 Å². The van der Waals surface area contributed by atoms with Gasteiger partial charge in [0.05, 0.1) is 32.5 Å². The van der Waals surface area contributed by atoms with Gasteiger partial charge in [0, 0.05) is 12.2 Å². The van der Waals surface area contributed by atoms with E-state index in [0.717, 1.165) is 17.9 Å². The van der Waals surface area contributed by atoms with Crippen molar-refractivity contribution in [1.82, 2.24) is 5.32 Å². The Bertz CT molecular complexity index is 382. The molecule has 0 aliphatic heterocycles. The van der Waals surface area contributed by atoms with Gasteiger partial charge in [0.15, 0.2) is 0 Å². The lowest BCUT2D eigenvalue weighted by Crippen LogP contribution is -2.23. The topological polar surface area (TPSA) is 39.7 Å². The summed E-state index contributed by atoms with van der Waals surface area (Å²) in [5.74, 6) is 1.48. The number of para-hydroxylation sites is 1. The first-order valence-electron chi connectivity index (χ1n) is 7.73. The largest absolute Gasteiger partial charge is 0.494 e. The average Bonchev–Trinajstić information content (AvgIpc) is 2.48. The molecule has 1 N–H and O–H groups in total. The molecule has 0 aliphatic carbocycles. The third kappa shape index (κ3) is 6.93. The van der Waals surface area contributed by atoms with E-state index >= 15 is 0 Å². The maximum Gasteiger partial charge on any atom is 0.124 e. The molecule has 0 bridgehead atoms. The van der Waals surface area contributed by atoms with Crippen molar-refractivity contribution in [2.45, 2.75) is 26.8 Å². The smallest absolute Gasteiger partial charge is 0.124 e. The van der Waals surface area contributed by atoms with Crippen LogP contribution in [0.25, 0.3) is 0 Å². The van der Waals surface area contributed by atoms with Crippen LogP contribution >= 0.6 is 0 Å².